The summed E-state index contributed by atoms with van der Waals surface area (Å²) in [5.74, 6) is -0.820. The molecule has 5 aromatic carbocycles. The molecule has 0 bridgehead atoms. The Balaban J connectivity index is 1.26. The average Bonchev–Trinajstić information content (AvgIpc) is 3.77. The van der Waals surface area contributed by atoms with Crippen molar-refractivity contribution in [3.8, 4) is 22.5 Å². The highest BCUT2D eigenvalue weighted by Crippen LogP contribution is 2.40. The van der Waals surface area contributed by atoms with Gasteiger partial charge in [0.25, 0.3) is 17.4 Å². The molecule has 0 saturated carbocycles. The number of imide groups is 1. The Kier molecular flexibility index (Phi) is 5.16. The van der Waals surface area contributed by atoms with Crippen LogP contribution in [0.5, 0.6) is 0 Å². The standard InChI is InChI=1S/C38H19N5O3S/c44-36-23-15-16-25-32-24(37(45)43(38(25)46)30-12-7-17-47-30)14-13-22(31(23)32)35-41-28-18-26-27(19-29(28)42(35)36)40-34(21-10-5-2-6-11-21)33(39-26)20-8-3-1-4-9-20/h1-19H. The minimum Gasteiger partial charge on any atom is -0.268 e. The Morgan fingerprint density at radius 2 is 1.17 bits per heavy atom. The van der Waals surface area contributed by atoms with Crippen LogP contribution in [0.2, 0.25) is 0 Å². The first-order valence-electron chi connectivity index (χ1n) is 15.0. The normalized spacial score (nSPS) is 13.2. The second-order valence-electron chi connectivity index (χ2n) is 11.5. The molecule has 0 aliphatic carbocycles. The van der Waals surface area contributed by atoms with Gasteiger partial charge in [-0.15, -0.1) is 11.3 Å². The molecule has 10 rings (SSSR count). The van der Waals surface area contributed by atoms with Gasteiger partial charge in [-0.05, 0) is 53.9 Å². The summed E-state index contributed by atoms with van der Waals surface area (Å²) in [4.78, 5) is 58.0. The van der Waals surface area contributed by atoms with Crippen molar-refractivity contribution < 1.29 is 9.59 Å². The number of pyridine rings is 1. The van der Waals surface area contributed by atoms with Crippen LogP contribution >= 0.6 is 11.3 Å². The van der Waals surface area contributed by atoms with Crippen molar-refractivity contribution in [1.82, 2.24) is 19.4 Å². The number of aromatic nitrogens is 4. The van der Waals surface area contributed by atoms with Crippen molar-refractivity contribution in [2.24, 2.45) is 0 Å². The lowest BCUT2D eigenvalue weighted by Gasteiger charge is -2.26. The summed E-state index contributed by atoms with van der Waals surface area (Å²) >= 11 is 1.32. The monoisotopic (exact) mass is 625 g/mol. The van der Waals surface area contributed by atoms with Gasteiger partial charge in [0, 0.05) is 43.8 Å². The van der Waals surface area contributed by atoms with Gasteiger partial charge >= 0.3 is 0 Å². The molecule has 9 aromatic rings. The van der Waals surface area contributed by atoms with E-state index >= 15 is 0 Å². The Bertz CT molecular complexity index is 2830. The highest BCUT2D eigenvalue weighted by molar-refractivity contribution is 7.14. The number of amides is 2. The van der Waals surface area contributed by atoms with Crippen LogP contribution in [0.3, 0.4) is 0 Å². The van der Waals surface area contributed by atoms with E-state index in [4.69, 9.17) is 15.0 Å². The van der Waals surface area contributed by atoms with Gasteiger partial charge in [-0.2, -0.15) is 0 Å². The molecular formula is C38H19N5O3S. The first kappa shape index (κ1) is 26.0. The fraction of sp³-hybridized carbons (Fsp3) is 0. The molecule has 220 valence electrons. The summed E-state index contributed by atoms with van der Waals surface area (Å²) in [6.07, 6.45) is 0. The molecule has 0 fully saturated rings. The van der Waals surface area contributed by atoms with Crippen LogP contribution in [0.4, 0.5) is 5.00 Å². The zero-order valence-corrected chi connectivity index (χ0v) is 25.2. The molecule has 2 amide bonds. The zero-order chi connectivity index (χ0) is 31.4. The Morgan fingerprint density at radius 3 is 1.79 bits per heavy atom. The zero-order valence-electron chi connectivity index (χ0n) is 24.3. The van der Waals surface area contributed by atoms with E-state index in [0.717, 1.165) is 22.5 Å². The van der Waals surface area contributed by atoms with Crippen LogP contribution in [-0.4, -0.2) is 31.2 Å². The molecule has 0 radical (unpaired) electrons. The second-order valence-corrected chi connectivity index (χ2v) is 12.5. The first-order valence-corrected chi connectivity index (χ1v) is 15.9. The average molecular weight is 626 g/mol. The van der Waals surface area contributed by atoms with E-state index in [1.807, 2.05) is 84.2 Å². The molecule has 47 heavy (non-hydrogen) atoms. The maximum atomic E-state index is 14.3. The molecule has 9 heteroatoms. The van der Waals surface area contributed by atoms with Crippen molar-refractivity contribution in [3.63, 3.8) is 0 Å². The van der Waals surface area contributed by atoms with Gasteiger partial charge in [-0.3, -0.25) is 18.8 Å². The SMILES string of the molecule is O=C1c2ccc3c(=O)n4c5cc6nc(-c7ccccc7)c(-c7ccccc7)nc6cc5nc4c4ccc(c2c34)C(=O)N1c1cccs1. The summed E-state index contributed by atoms with van der Waals surface area (Å²) in [5, 5.41) is 4.53. The van der Waals surface area contributed by atoms with Crippen LogP contribution in [-0.2, 0) is 0 Å². The maximum absolute atomic E-state index is 14.3. The number of rotatable bonds is 3. The molecule has 5 heterocycles. The van der Waals surface area contributed by atoms with E-state index in [9.17, 15) is 14.4 Å². The molecule has 0 N–H and O–H groups in total. The van der Waals surface area contributed by atoms with Crippen LogP contribution in [0.1, 0.15) is 20.7 Å². The largest absolute Gasteiger partial charge is 0.268 e. The molecule has 0 spiro atoms. The summed E-state index contributed by atoms with van der Waals surface area (Å²) in [6.45, 7) is 0. The minimum absolute atomic E-state index is 0.282. The van der Waals surface area contributed by atoms with Crippen LogP contribution in [0.25, 0.3) is 71.8 Å². The quantitative estimate of drug-likeness (QED) is 0.186. The van der Waals surface area contributed by atoms with Gasteiger partial charge in [0.05, 0.1) is 33.5 Å². The molecule has 1 aliphatic heterocycles. The van der Waals surface area contributed by atoms with E-state index in [2.05, 4.69) is 0 Å². The molecular weight excluding hydrogens is 607 g/mol. The van der Waals surface area contributed by atoms with E-state index in [0.29, 0.717) is 65.4 Å². The third-order valence-corrected chi connectivity index (χ3v) is 9.82. The number of carbonyl (C=O) groups excluding carboxylic acids is 2. The van der Waals surface area contributed by atoms with Crippen molar-refractivity contribution in [1.29, 1.82) is 0 Å². The highest BCUT2D eigenvalue weighted by atomic mass is 32.1. The molecule has 8 nitrogen and oxygen atoms in total. The Hall–Kier alpha value is -6.32. The molecule has 1 aliphatic rings. The van der Waals surface area contributed by atoms with E-state index < -0.39 is 11.8 Å². The molecule has 0 saturated heterocycles. The highest BCUT2D eigenvalue weighted by Gasteiger charge is 2.36. The van der Waals surface area contributed by atoms with Crippen molar-refractivity contribution >= 4 is 77.4 Å². The van der Waals surface area contributed by atoms with Gasteiger partial charge < -0.3 is 0 Å². The lowest BCUT2D eigenvalue weighted by atomic mass is 9.90. The van der Waals surface area contributed by atoms with Crippen molar-refractivity contribution in [3.05, 3.63) is 136 Å². The summed E-state index contributed by atoms with van der Waals surface area (Å²) in [6, 6.07) is 34.1. The predicted molar refractivity (Wildman–Crippen MR) is 185 cm³/mol. The van der Waals surface area contributed by atoms with Crippen LogP contribution in [0, 0.1) is 0 Å². The number of nitrogens with zero attached hydrogens (tertiary/aromatic N) is 5. The third-order valence-electron chi connectivity index (χ3n) is 8.96. The lowest BCUT2D eigenvalue weighted by Crippen LogP contribution is -2.40. The minimum atomic E-state index is -0.410. The number of thiophene rings is 1. The number of carbonyl (C=O) groups is 2. The summed E-state index contributed by atoms with van der Waals surface area (Å²) < 4.78 is 1.60. The van der Waals surface area contributed by atoms with Crippen LogP contribution < -0.4 is 10.5 Å². The molecule has 0 unspecified atom stereocenters. The fourth-order valence-electron chi connectivity index (χ4n) is 6.88. The maximum Gasteiger partial charge on any atom is 0.266 e. The van der Waals surface area contributed by atoms with E-state index in [1.54, 1.807) is 34.7 Å². The number of imidazole rings is 1. The van der Waals surface area contributed by atoms with Gasteiger partial charge in [-0.1, -0.05) is 60.7 Å². The lowest BCUT2D eigenvalue weighted by molar-refractivity contribution is 0.0894. The molecule has 4 aromatic heterocycles. The fourth-order valence-corrected chi connectivity index (χ4v) is 7.60. The number of hydrogen-bond donors (Lipinski definition) is 0. The van der Waals surface area contributed by atoms with Crippen molar-refractivity contribution in [2.45, 2.75) is 0 Å². The van der Waals surface area contributed by atoms with Gasteiger partial charge in [-0.25, -0.2) is 19.9 Å². The number of fused-ring (bicyclic) bond motifs is 5. The summed E-state index contributed by atoms with van der Waals surface area (Å²) in [5.41, 5.74) is 6.78. The smallest absolute Gasteiger partial charge is 0.266 e. The van der Waals surface area contributed by atoms with Crippen molar-refractivity contribution in [2.75, 3.05) is 4.90 Å². The van der Waals surface area contributed by atoms with Crippen LogP contribution in [0.15, 0.2) is 119 Å². The summed E-state index contributed by atoms with van der Waals surface area (Å²) in [7, 11) is 0. The van der Waals surface area contributed by atoms with E-state index in [-0.39, 0.29) is 5.56 Å². The third kappa shape index (κ3) is 3.51. The Labute approximate surface area is 269 Å². The first-order chi connectivity index (χ1) is 23.1. The van der Waals surface area contributed by atoms with E-state index in [1.165, 1.54) is 16.2 Å². The number of anilines is 1. The van der Waals surface area contributed by atoms with Gasteiger partial charge in [0.15, 0.2) is 0 Å². The van der Waals surface area contributed by atoms with Gasteiger partial charge in [0.2, 0.25) is 0 Å². The molecule has 0 atom stereocenters. The number of benzene rings is 5. The topological polar surface area (TPSA) is 97.5 Å². The second kappa shape index (κ2) is 9.35. The Morgan fingerprint density at radius 1 is 0.553 bits per heavy atom. The van der Waals surface area contributed by atoms with Gasteiger partial charge in [0.1, 0.15) is 10.6 Å². The number of hydrogen-bond acceptors (Lipinski definition) is 7. The predicted octanol–water partition coefficient (Wildman–Crippen LogP) is 7.73.